The van der Waals surface area contributed by atoms with Crippen molar-refractivity contribution in [3.8, 4) is 0 Å². The molecule has 0 atom stereocenters. The highest BCUT2D eigenvalue weighted by atomic mass is 16.5. The molecule has 0 aromatic rings. The normalized spacial score (nSPS) is 29.0. The standard InChI is InChI=1S/C6H12N2.C5H10O2/c1-5-2-8-4-6(5)3-7-1;1-5(2,3)7-4-6/h5-8H,1-4H2;4H,1-3H3. The quantitative estimate of drug-likeness (QED) is 0.620. The van der Waals surface area contributed by atoms with Crippen LogP contribution in [0.1, 0.15) is 20.8 Å². The number of hydrogen-bond acceptors (Lipinski definition) is 4. The molecule has 0 bridgehead atoms. The molecule has 0 saturated carbocycles. The van der Waals surface area contributed by atoms with Gasteiger partial charge in [0.2, 0.25) is 0 Å². The van der Waals surface area contributed by atoms with Crippen LogP contribution in [0.25, 0.3) is 0 Å². The van der Waals surface area contributed by atoms with Gasteiger partial charge in [-0.25, -0.2) is 0 Å². The highest BCUT2D eigenvalue weighted by Crippen LogP contribution is 2.19. The minimum Gasteiger partial charge on any atom is -0.462 e. The van der Waals surface area contributed by atoms with E-state index in [2.05, 4.69) is 15.4 Å². The molecule has 0 amide bonds. The van der Waals surface area contributed by atoms with Crippen LogP contribution in [-0.4, -0.2) is 38.3 Å². The van der Waals surface area contributed by atoms with Crippen molar-refractivity contribution in [2.24, 2.45) is 11.8 Å². The molecule has 4 nitrogen and oxygen atoms in total. The summed E-state index contributed by atoms with van der Waals surface area (Å²) < 4.78 is 4.55. The largest absolute Gasteiger partial charge is 0.462 e. The Labute approximate surface area is 91.8 Å². The van der Waals surface area contributed by atoms with Crippen LogP contribution in [0.3, 0.4) is 0 Å². The maximum atomic E-state index is 9.60. The summed E-state index contributed by atoms with van der Waals surface area (Å²) >= 11 is 0. The molecule has 15 heavy (non-hydrogen) atoms. The van der Waals surface area contributed by atoms with Crippen molar-refractivity contribution in [1.29, 1.82) is 0 Å². The van der Waals surface area contributed by atoms with Crippen molar-refractivity contribution in [2.75, 3.05) is 26.2 Å². The fourth-order valence-corrected chi connectivity index (χ4v) is 1.86. The third kappa shape index (κ3) is 4.62. The Morgan fingerprint density at radius 3 is 1.67 bits per heavy atom. The van der Waals surface area contributed by atoms with Gasteiger partial charge in [-0.3, -0.25) is 4.79 Å². The van der Waals surface area contributed by atoms with Crippen molar-refractivity contribution in [1.82, 2.24) is 10.6 Å². The predicted octanol–water partition coefficient (Wildman–Crippen LogP) is 0.383. The van der Waals surface area contributed by atoms with E-state index in [1.165, 1.54) is 26.2 Å². The minimum atomic E-state index is -0.318. The Balaban J connectivity index is 0.000000153. The van der Waals surface area contributed by atoms with Crippen LogP contribution in [-0.2, 0) is 9.53 Å². The van der Waals surface area contributed by atoms with Gasteiger partial charge in [0.25, 0.3) is 6.47 Å². The molecule has 0 aromatic carbocycles. The summed E-state index contributed by atoms with van der Waals surface area (Å²) in [4.78, 5) is 9.60. The molecular formula is C11H22N2O2. The van der Waals surface area contributed by atoms with Gasteiger partial charge < -0.3 is 15.4 Å². The molecule has 2 aliphatic rings. The monoisotopic (exact) mass is 214 g/mol. The summed E-state index contributed by atoms with van der Waals surface area (Å²) in [6, 6.07) is 0. The van der Waals surface area contributed by atoms with Crippen LogP contribution < -0.4 is 10.6 Å². The van der Waals surface area contributed by atoms with Crippen LogP contribution in [0.15, 0.2) is 0 Å². The second-order valence-electron chi connectivity index (χ2n) is 5.16. The first-order valence-corrected chi connectivity index (χ1v) is 5.56. The number of carbonyl (C=O) groups excluding carboxylic acids is 1. The van der Waals surface area contributed by atoms with Gasteiger partial charge in [0.05, 0.1) is 0 Å². The Morgan fingerprint density at radius 2 is 1.47 bits per heavy atom. The fourth-order valence-electron chi connectivity index (χ4n) is 1.86. The Morgan fingerprint density at radius 1 is 1.07 bits per heavy atom. The number of rotatable bonds is 1. The number of fused-ring (bicyclic) bond motifs is 1. The Bertz CT molecular complexity index is 181. The van der Waals surface area contributed by atoms with Gasteiger partial charge in [-0.15, -0.1) is 0 Å². The molecule has 0 aliphatic carbocycles. The number of carbonyl (C=O) groups is 1. The van der Waals surface area contributed by atoms with E-state index in [1.54, 1.807) is 0 Å². The maximum absolute atomic E-state index is 9.60. The molecule has 0 aromatic heterocycles. The number of ether oxygens (including phenoxy) is 1. The van der Waals surface area contributed by atoms with Gasteiger partial charge in [-0.05, 0) is 58.8 Å². The lowest BCUT2D eigenvalue weighted by molar-refractivity contribution is -0.138. The number of nitrogens with one attached hydrogen (secondary N) is 2. The van der Waals surface area contributed by atoms with Gasteiger partial charge in [0.1, 0.15) is 5.60 Å². The van der Waals surface area contributed by atoms with E-state index in [4.69, 9.17) is 0 Å². The summed E-state index contributed by atoms with van der Waals surface area (Å²) in [6.45, 7) is 10.9. The molecular weight excluding hydrogens is 192 g/mol. The zero-order valence-corrected chi connectivity index (χ0v) is 9.88. The molecule has 2 saturated heterocycles. The molecule has 88 valence electrons. The highest BCUT2D eigenvalue weighted by Gasteiger charge is 2.30. The third-order valence-corrected chi connectivity index (χ3v) is 2.69. The molecule has 0 unspecified atom stereocenters. The van der Waals surface area contributed by atoms with E-state index in [0.29, 0.717) is 6.47 Å². The Hall–Kier alpha value is -0.610. The van der Waals surface area contributed by atoms with Crippen LogP contribution in [0.5, 0.6) is 0 Å². The lowest BCUT2D eigenvalue weighted by Crippen LogP contribution is -2.19. The zero-order valence-electron chi connectivity index (χ0n) is 9.88. The summed E-state index contributed by atoms with van der Waals surface area (Å²) in [5.74, 6) is 1.91. The van der Waals surface area contributed by atoms with Gasteiger partial charge >= 0.3 is 0 Å². The highest BCUT2D eigenvalue weighted by molar-refractivity contribution is 5.37. The van der Waals surface area contributed by atoms with E-state index < -0.39 is 0 Å². The third-order valence-electron chi connectivity index (χ3n) is 2.69. The fraction of sp³-hybridized carbons (Fsp3) is 0.909. The topological polar surface area (TPSA) is 50.4 Å². The van der Waals surface area contributed by atoms with Crippen molar-refractivity contribution >= 4 is 6.47 Å². The van der Waals surface area contributed by atoms with Gasteiger partial charge in [0.15, 0.2) is 0 Å². The summed E-state index contributed by atoms with van der Waals surface area (Å²) in [6.07, 6.45) is 0. The van der Waals surface area contributed by atoms with Crippen LogP contribution in [0, 0.1) is 11.8 Å². The van der Waals surface area contributed by atoms with Crippen molar-refractivity contribution in [3.05, 3.63) is 0 Å². The minimum absolute atomic E-state index is 0.318. The average molecular weight is 214 g/mol. The van der Waals surface area contributed by atoms with E-state index in [1.807, 2.05) is 20.8 Å². The molecule has 2 rings (SSSR count). The van der Waals surface area contributed by atoms with E-state index in [-0.39, 0.29) is 5.60 Å². The lowest BCUT2D eigenvalue weighted by Gasteiger charge is -2.14. The van der Waals surface area contributed by atoms with Crippen LogP contribution in [0.4, 0.5) is 0 Å². The van der Waals surface area contributed by atoms with Crippen molar-refractivity contribution in [2.45, 2.75) is 26.4 Å². The second kappa shape index (κ2) is 5.47. The predicted molar refractivity (Wildman–Crippen MR) is 59.6 cm³/mol. The second-order valence-corrected chi connectivity index (χ2v) is 5.16. The van der Waals surface area contributed by atoms with Crippen molar-refractivity contribution in [3.63, 3.8) is 0 Å². The Kier molecular flexibility index (Phi) is 4.54. The first kappa shape index (κ1) is 12.5. The van der Waals surface area contributed by atoms with Gasteiger partial charge in [-0.1, -0.05) is 0 Å². The van der Waals surface area contributed by atoms with E-state index in [0.717, 1.165) is 11.8 Å². The first-order valence-electron chi connectivity index (χ1n) is 5.56. The SMILES string of the molecule is C1NCC2CNCC12.CC(C)(C)OC=O. The van der Waals surface area contributed by atoms with E-state index >= 15 is 0 Å². The van der Waals surface area contributed by atoms with E-state index in [9.17, 15) is 4.79 Å². The molecule has 2 aliphatic heterocycles. The molecule has 0 spiro atoms. The molecule has 0 radical (unpaired) electrons. The molecule has 2 heterocycles. The van der Waals surface area contributed by atoms with Gasteiger partial charge in [0, 0.05) is 0 Å². The maximum Gasteiger partial charge on any atom is 0.293 e. The van der Waals surface area contributed by atoms with Crippen LogP contribution >= 0.6 is 0 Å². The molecule has 2 fully saturated rings. The van der Waals surface area contributed by atoms with Crippen LogP contribution in [0.2, 0.25) is 0 Å². The summed E-state index contributed by atoms with van der Waals surface area (Å²) in [5.41, 5.74) is -0.318. The van der Waals surface area contributed by atoms with Gasteiger partial charge in [-0.2, -0.15) is 0 Å². The van der Waals surface area contributed by atoms with Crippen molar-refractivity contribution < 1.29 is 9.53 Å². The number of hydrogen-bond donors (Lipinski definition) is 2. The zero-order chi connectivity index (χ0) is 11.3. The first-order chi connectivity index (χ1) is 7.03. The summed E-state index contributed by atoms with van der Waals surface area (Å²) in [7, 11) is 0. The molecule has 2 N–H and O–H groups in total. The summed E-state index contributed by atoms with van der Waals surface area (Å²) in [5, 5.41) is 6.77. The lowest BCUT2D eigenvalue weighted by atomic mass is 10.0. The average Bonchev–Trinajstić information content (AvgIpc) is 2.60. The molecule has 4 heteroatoms. The smallest absolute Gasteiger partial charge is 0.293 e.